The van der Waals surface area contributed by atoms with Gasteiger partial charge < -0.3 is 19.2 Å². The van der Waals surface area contributed by atoms with Crippen molar-refractivity contribution in [3.05, 3.63) is 41.1 Å². The van der Waals surface area contributed by atoms with E-state index in [1.807, 2.05) is 38.1 Å². The summed E-state index contributed by atoms with van der Waals surface area (Å²) in [4.78, 5) is 15.1. The van der Waals surface area contributed by atoms with Gasteiger partial charge in [0.15, 0.2) is 0 Å². The number of anilines is 2. The number of rotatable bonds is 9. The van der Waals surface area contributed by atoms with E-state index in [9.17, 15) is 10.1 Å². The van der Waals surface area contributed by atoms with Gasteiger partial charge in [-0.15, -0.1) is 10.2 Å². The Morgan fingerprint density at radius 1 is 1.20 bits per heavy atom. The van der Waals surface area contributed by atoms with Crippen LogP contribution < -0.4 is 10.2 Å². The van der Waals surface area contributed by atoms with Crippen LogP contribution in [-0.2, 0) is 4.79 Å². The monoisotopic (exact) mass is 492 g/mol. The molecular formula is C26H32N6O2S. The van der Waals surface area contributed by atoms with E-state index in [-0.39, 0.29) is 11.7 Å². The van der Waals surface area contributed by atoms with Crippen LogP contribution in [0.2, 0.25) is 0 Å². The van der Waals surface area contributed by atoms with Gasteiger partial charge in [0.05, 0.1) is 11.3 Å². The minimum Gasteiger partial charge on any atom is -0.411 e. The highest BCUT2D eigenvalue weighted by molar-refractivity contribution is 7.99. The van der Waals surface area contributed by atoms with Crippen LogP contribution in [-0.4, -0.2) is 39.5 Å². The lowest BCUT2D eigenvalue weighted by Crippen LogP contribution is -2.21. The van der Waals surface area contributed by atoms with Crippen LogP contribution in [0.1, 0.15) is 62.4 Å². The Balaban J connectivity index is 1.42. The van der Waals surface area contributed by atoms with Crippen LogP contribution in [0.4, 0.5) is 11.5 Å². The molecule has 8 nitrogen and oxygen atoms in total. The third kappa shape index (κ3) is 5.22. The maximum Gasteiger partial charge on any atom is 0.277 e. The molecule has 1 aliphatic carbocycles. The van der Waals surface area contributed by atoms with Gasteiger partial charge in [0.1, 0.15) is 11.9 Å². The molecular weight excluding hydrogens is 460 g/mol. The molecule has 184 valence electrons. The fourth-order valence-corrected chi connectivity index (χ4v) is 5.35. The molecule has 0 aliphatic heterocycles. The van der Waals surface area contributed by atoms with Gasteiger partial charge in [-0.05, 0) is 70.4 Å². The van der Waals surface area contributed by atoms with Crippen molar-refractivity contribution in [3.8, 4) is 17.5 Å². The second-order valence-corrected chi connectivity index (χ2v) is 9.71. The maximum atomic E-state index is 12.8. The molecule has 1 fully saturated rings. The molecule has 0 radical (unpaired) electrons. The normalized spacial score (nSPS) is 13.7. The third-order valence-corrected chi connectivity index (χ3v) is 7.61. The van der Waals surface area contributed by atoms with Crippen molar-refractivity contribution in [1.29, 1.82) is 5.26 Å². The van der Waals surface area contributed by atoms with Gasteiger partial charge in [0.2, 0.25) is 11.8 Å². The average molecular weight is 493 g/mol. The molecule has 1 N–H and O–H groups in total. The first-order valence-corrected chi connectivity index (χ1v) is 13.2. The van der Waals surface area contributed by atoms with E-state index in [1.165, 1.54) is 24.6 Å². The largest absolute Gasteiger partial charge is 0.411 e. The number of hydrogen-bond acceptors (Lipinski definition) is 7. The Morgan fingerprint density at radius 3 is 2.51 bits per heavy atom. The standard InChI is InChI=1S/C26H32N6O2S/c1-5-31(6-2)20-13-11-19(12-14-20)25-29-30-26(34-25)35-16-23(33)28-24-22(15-27)17(3)18(4)32(24)21-9-7-8-10-21/h11-14,21H,5-10,16H2,1-4H3,(H,28,33). The summed E-state index contributed by atoms with van der Waals surface area (Å²) in [6, 6.07) is 10.6. The summed E-state index contributed by atoms with van der Waals surface area (Å²) < 4.78 is 7.93. The molecule has 2 heterocycles. The number of hydrogen-bond donors (Lipinski definition) is 1. The minimum atomic E-state index is -0.202. The SMILES string of the molecule is CCN(CC)c1ccc(-c2nnc(SCC(=O)Nc3c(C#N)c(C)c(C)n3C3CCCC3)o2)cc1. The van der Waals surface area contributed by atoms with E-state index >= 15 is 0 Å². The molecule has 0 atom stereocenters. The predicted molar refractivity (Wildman–Crippen MR) is 139 cm³/mol. The number of nitrogens with one attached hydrogen (secondary N) is 1. The number of aromatic nitrogens is 3. The second-order valence-electron chi connectivity index (χ2n) is 8.78. The van der Waals surface area contributed by atoms with Gasteiger partial charge in [-0.1, -0.05) is 24.6 Å². The molecule has 0 bridgehead atoms. The van der Waals surface area contributed by atoms with Crippen molar-refractivity contribution in [2.24, 2.45) is 0 Å². The fraction of sp³-hybridized carbons (Fsp3) is 0.462. The predicted octanol–water partition coefficient (Wildman–Crippen LogP) is 5.72. The fourth-order valence-electron chi connectivity index (χ4n) is 4.79. The van der Waals surface area contributed by atoms with Crippen LogP contribution in [0.15, 0.2) is 33.9 Å². The number of nitrogens with zero attached hydrogens (tertiary/aromatic N) is 5. The van der Waals surface area contributed by atoms with Crippen molar-refractivity contribution >= 4 is 29.2 Å². The summed E-state index contributed by atoms with van der Waals surface area (Å²) in [5, 5.41) is 21.3. The Morgan fingerprint density at radius 2 is 1.89 bits per heavy atom. The number of amides is 1. The highest BCUT2D eigenvalue weighted by Gasteiger charge is 2.26. The highest BCUT2D eigenvalue weighted by Crippen LogP contribution is 2.38. The van der Waals surface area contributed by atoms with Crippen molar-refractivity contribution in [1.82, 2.24) is 14.8 Å². The maximum absolute atomic E-state index is 12.8. The number of carbonyl (C=O) groups excluding carboxylic acids is 1. The summed E-state index contributed by atoms with van der Waals surface area (Å²) in [7, 11) is 0. The summed E-state index contributed by atoms with van der Waals surface area (Å²) in [6.45, 7) is 10.1. The van der Waals surface area contributed by atoms with Gasteiger partial charge in [0.25, 0.3) is 5.22 Å². The van der Waals surface area contributed by atoms with Crippen molar-refractivity contribution in [2.45, 2.75) is 64.6 Å². The molecule has 1 aliphatic rings. The van der Waals surface area contributed by atoms with Crippen molar-refractivity contribution in [2.75, 3.05) is 29.1 Å². The smallest absolute Gasteiger partial charge is 0.277 e. The Hall–Kier alpha value is -3.25. The molecule has 0 saturated heterocycles. The first-order chi connectivity index (χ1) is 17.0. The van der Waals surface area contributed by atoms with Gasteiger partial charge in [-0.3, -0.25) is 4.79 Å². The summed E-state index contributed by atoms with van der Waals surface area (Å²) in [5.74, 6) is 0.944. The molecule has 1 aromatic carbocycles. The molecule has 0 spiro atoms. The van der Waals surface area contributed by atoms with Gasteiger partial charge in [0, 0.05) is 36.1 Å². The molecule has 35 heavy (non-hydrogen) atoms. The number of carbonyl (C=O) groups is 1. The summed E-state index contributed by atoms with van der Waals surface area (Å²) in [5.41, 5.74) is 4.50. The van der Waals surface area contributed by atoms with E-state index in [0.29, 0.717) is 28.5 Å². The van der Waals surface area contributed by atoms with E-state index in [2.05, 4.69) is 44.9 Å². The van der Waals surface area contributed by atoms with Crippen molar-refractivity contribution < 1.29 is 9.21 Å². The first kappa shape index (κ1) is 24.9. The zero-order chi connectivity index (χ0) is 24.9. The molecule has 9 heteroatoms. The lowest BCUT2D eigenvalue weighted by atomic mass is 10.2. The van der Waals surface area contributed by atoms with Crippen molar-refractivity contribution in [3.63, 3.8) is 0 Å². The molecule has 1 saturated carbocycles. The average Bonchev–Trinajstić information content (AvgIpc) is 3.61. The Labute approximate surface area is 210 Å². The van der Waals surface area contributed by atoms with E-state index in [0.717, 1.165) is 48.4 Å². The van der Waals surface area contributed by atoms with Crippen LogP contribution in [0.25, 0.3) is 11.5 Å². The van der Waals surface area contributed by atoms with Gasteiger partial charge >= 0.3 is 0 Å². The minimum absolute atomic E-state index is 0.112. The lowest BCUT2D eigenvalue weighted by Gasteiger charge is -2.20. The van der Waals surface area contributed by atoms with Crippen LogP contribution >= 0.6 is 11.8 Å². The van der Waals surface area contributed by atoms with Crippen LogP contribution in [0.5, 0.6) is 0 Å². The Bertz CT molecular complexity index is 1210. The topological polar surface area (TPSA) is 100.0 Å². The number of nitriles is 1. The zero-order valence-corrected chi connectivity index (χ0v) is 21.6. The Kier molecular flexibility index (Phi) is 7.81. The van der Waals surface area contributed by atoms with Gasteiger partial charge in [-0.25, -0.2) is 0 Å². The quantitative estimate of drug-likeness (QED) is 0.381. The summed E-state index contributed by atoms with van der Waals surface area (Å²) in [6.07, 6.45) is 4.48. The molecule has 2 aromatic heterocycles. The molecule has 1 amide bonds. The number of thioether (sulfide) groups is 1. The third-order valence-electron chi connectivity index (χ3n) is 6.79. The number of benzene rings is 1. The van der Waals surface area contributed by atoms with E-state index in [4.69, 9.17) is 4.42 Å². The zero-order valence-electron chi connectivity index (χ0n) is 20.8. The van der Waals surface area contributed by atoms with Crippen LogP contribution in [0.3, 0.4) is 0 Å². The van der Waals surface area contributed by atoms with E-state index in [1.54, 1.807) is 0 Å². The second kappa shape index (κ2) is 11.0. The molecule has 3 aromatic rings. The molecule has 4 rings (SSSR count). The highest BCUT2D eigenvalue weighted by atomic mass is 32.2. The lowest BCUT2D eigenvalue weighted by molar-refractivity contribution is -0.113. The van der Waals surface area contributed by atoms with Crippen LogP contribution in [0, 0.1) is 25.2 Å². The molecule has 0 unspecified atom stereocenters. The first-order valence-electron chi connectivity index (χ1n) is 12.2. The van der Waals surface area contributed by atoms with E-state index < -0.39 is 0 Å². The van der Waals surface area contributed by atoms with Gasteiger partial charge in [-0.2, -0.15) is 5.26 Å². The summed E-state index contributed by atoms with van der Waals surface area (Å²) >= 11 is 1.19.